The number of aryl methyl sites for hydroxylation is 1. The Morgan fingerprint density at radius 3 is 2.32 bits per heavy atom. The first-order chi connectivity index (χ1) is 14.5. The standard InChI is InChI=1S/C25H33ClN2O3/c1-7-21(24(30)27-25(4,5)6)28(15-19-11-13-20(26)14-12-19)23(29)16-31-22-10-8-9-17(2)18(22)3/h8-14,21H,7,15-16H2,1-6H3,(H,27,30)/t21-/m1/s1. The van der Waals surface area contributed by atoms with Crippen molar-refractivity contribution in [3.05, 3.63) is 64.2 Å². The SMILES string of the molecule is CC[C@H](C(=O)NC(C)(C)C)N(Cc1ccc(Cl)cc1)C(=O)COc1cccc(C)c1C. The molecule has 5 nitrogen and oxygen atoms in total. The van der Waals surface area contributed by atoms with Crippen molar-refractivity contribution in [2.24, 2.45) is 0 Å². The molecule has 0 bridgehead atoms. The number of carbonyl (C=O) groups excluding carboxylic acids is 2. The van der Waals surface area contributed by atoms with E-state index in [0.717, 1.165) is 16.7 Å². The lowest BCUT2D eigenvalue weighted by Crippen LogP contribution is -2.54. The molecule has 0 saturated heterocycles. The van der Waals surface area contributed by atoms with Gasteiger partial charge in [-0.05, 0) is 75.9 Å². The van der Waals surface area contributed by atoms with Crippen LogP contribution in [0.2, 0.25) is 5.02 Å². The molecule has 0 saturated carbocycles. The lowest BCUT2D eigenvalue weighted by atomic mass is 10.1. The molecule has 1 atom stereocenters. The molecule has 168 valence electrons. The normalized spacial score (nSPS) is 12.2. The third-order valence-corrected chi connectivity index (χ3v) is 5.31. The minimum Gasteiger partial charge on any atom is -0.483 e. The van der Waals surface area contributed by atoms with E-state index in [1.807, 2.05) is 71.9 Å². The zero-order chi connectivity index (χ0) is 23.2. The molecule has 1 N–H and O–H groups in total. The Morgan fingerprint density at radius 2 is 1.74 bits per heavy atom. The fourth-order valence-corrected chi connectivity index (χ4v) is 3.39. The number of halogens is 1. The average molecular weight is 445 g/mol. The molecule has 0 fully saturated rings. The van der Waals surface area contributed by atoms with Gasteiger partial charge >= 0.3 is 0 Å². The monoisotopic (exact) mass is 444 g/mol. The third kappa shape index (κ3) is 7.28. The smallest absolute Gasteiger partial charge is 0.261 e. The van der Waals surface area contributed by atoms with Crippen molar-refractivity contribution in [2.45, 2.75) is 66.1 Å². The lowest BCUT2D eigenvalue weighted by Gasteiger charge is -2.33. The Morgan fingerprint density at radius 1 is 1.10 bits per heavy atom. The maximum Gasteiger partial charge on any atom is 0.261 e. The topological polar surface area (TPSA) is 58.6 Å². The van der Waals surface area contributed by atoms with Gasteiger partial charge in [0.1, 0.15) is 11.8 Å². The summed E-state index contributed by atoms with van der Waals surface area (Å²) in [6.07, 6.45) is 0.491. The maximum atomic E-state index is 13.2. The van der Waals surface area contributed by atoms with Gasteiger partial charge in [-0.25, -0.2) is 0 Å². The van der Waals surface area contributed by atoms with E-state index in [-0.39, 0.29) is 18.4 Å². The molecule has 31 heavy (non-hydrogen) atoms. The van der Waals surface area contributed by atoms with E-state index in [2.05, 4.69) is 5.32 Å². The van der Waals surface area contributed by atoms with Crippen molar-refractivity contribution in [1.82, 2.24) is 10.2 Å². The molecule has 0 unspecified atom stereocenters. The van der Waals surface area contributed by atoms with Crippen LogP contribution >= 0.6 is 11.6 Å². The van der Waals surface area contributed by atoms with E-state index in [1.165, 1.54) is 0 Å². The minimum absolute atomic E-state index is 0.142. The molecule has 0 aromatic heterocycles. The van der Waals surface area contributed by atoms with Crippen LogP contribution in [-0.4, -0.2) is 34.9 Å². The molecule has 0 radical (unpaired) electrons. The third-order valence-electron chi connectivity index (χ3n) is 5.06. The zero-order valence-corrected chi connectivity index (χ0v) is 20.0. The van der Waals surface area contributed by atoms with Gasteiger partial charge in [0.25, 0.3) is 5.91 Å². The van der Waals surface area contributed by atoms with Gasteiger partial charge in [-0.2, -0.15) is 0 Å². The second-order valence-electron chi connectivity index (χ2n) is 8.80. The quantitative estimate of drug-likeness (QED) is 0.619. The maximum absolute atomic E-state index is 13.2. The molecule has 6 heteroatoms. The number of ether oxygens (including phenoxy) is 1. The highest BCUT2D eigenvalue weighted by Crippen LogP contribution is 2.21. The van der Waals surface area contributed by atoms with Crippen LogP contribution in [0.1, 0.15) is 50.8 Å². The van der Waals surface area contributed by atoms with Crippen LogP contribution in [0.5, 0.6) is 5.75 Å². The second kappa shape index (κ2) is 10.7. The van der Waals surface area contributed by atoms with Gasteiger partial charge in [-0.3, -0.25) is 9.59 Å². The number of carbonyl (C=O) groups is 2. The number of hydrogen-bond donors (Lipinski definition) is 1. The molecule has 2 amide bonds. The average Bonchev–Trinajstić information content (AvgIpc) is 2.69. The van der Waals surface area contributed by atoms with Crippen molar-refractivity contribution < 1.29 is 14.3 Å². The highest BCUT2D eigenvalue weighted by atomic mass is 35.5. The summed E-state index contributed by atoms with van der Waals surface area (Å²) in [6.45, 7) is 11.8. The molecular weight excluding hydrogens is 412 g/mol. The van der Waals surface area contributed by atoms with E-state index in [0.29, 0.717) is 23.7 Å². The number of benzene rings is 2. The molecule has 2 aromatic rings. The van der Waals surface area contributed by atoms with Crippen molar-refractivity contribution in [2.75, 3.05) is 6.61 Å². The van der Waals surface area contributed by atoms with Crippen LogP contribution in [0.25, 0.3) is 0 Å². The van der Waals surface area contributed by atoms with Crippen LogP contribution in [0, 0.1) is 13.8 Å². The first kappa shape index (κ1) is 24.7. The molecule has 0 spiro atoms. The first-order valence-electron chi connectivity index (χ1n) is 10.6. The fraction of sp³-hybridized carbons (Fsp3) is 0.440. The Hall–Kier alpha value is -2.53. The summed E-state index contributed by atoms with van der Waals surface area (Å²) in [5.41, 5.74) is 2.59. The summed E-state index contributed by atoms with van der Waals surface area (Å²) >= 11 is 6.00. The highest BCUT2D eigenvalue weighted by molar-refractivity contribution is 6.30. The first-order valence-corrected chi connectivity index (χ1v) is 10.9. The Kier molecular flexibility index (Phi) is 8.52. The van der Waals surface area contributed by atoms with Crippen LogP contribution in [0.4, 0.5) is 0 Å². The molecule has 2 rings (SSSR count). The minimum atomic E-state index is -0.607. The van der Waals surface area contributed by atoms with Gasteiger partial charge < -0.3 is 15.0 Å². The van der Waals surface area contributed by atoms with Crippen molar-refractivity contribution in [1.29, 1.82) is 0 Å². The van der Waals surface area contributed by atoms with Crippen LogP contribution < -0.4 is 10.1 Å². The van der Waals surface area contributed by atoms with Gasteiger partial charge in [0.2, 0.25) is 5.91 Å². The summed E-state index contributed by atoms with van der Waals surface area (Å²) < 4.78 is 5.85. The van der Waals surface area contributed by atoms with Crippen LogP contribution in [0.15, 0.2) is 42.5 Å². The van der Waals surface area contributed by atoms with Gasteiger partial charge in [0, 0.05) is 17.1 Å². The zero-order valence-electron chi connectivity index (χ0n) is 19.3. The van der Waals surface area contributed by atoms with Crippen molar-refractivity contribution in [3.63, 3.8) is 0 Å². The van der Waals surface area contributed by atoms with E-state index in [9.17, 15) is 9.59 Å². The van der Waals surface area contributed by atoms with Gasteiger partial charge in [-0.15, -0.1) is 0 Å². The molecule has 0 aliphatic heterocycles. The molecular formula is C25H33ClN2O3. The summed E-state index contributed by atoms with van der Waals surface area (Å²) in [5, 5.41) is 3.62. The Labute approximate surface area is 190 Å². The Balaban J connectivity index is 2.26. The predicted molar refractivity (Wildman–Crippen MR) is 125 cm³/mol. The van der Waals surface area contributed by atoms with Gasteiger partial charge in [0.05, 0.1) is 0 Å². The number of nitrogens with one attached hydrogen (secondary N) is 1. The van der Waals surface area contributed by atoms with Crippen molar-refractivity contribution in [3.8, 4) is 5.75 Å². The second-order valence-corrected chi connectivity index (χ2v) is 9.23. The lowest BCUT2D eigenvalue weighted by molar-refractivity contribution is -0.143. The number of rotatable bonds is 8. The highest BCUT2D eigenvalue weighted by Gasteiger charge is 2.31. The number of amides is 2. The summed E-state index contributed by atoms with van der Waals surface area (Å²) in [5.74, 6) is 0.253. The molecule has 0 aliphatic rings. The predicted octanol–water partition coefficient (Wildman–Crippen LogP) is 5.06. The van der Waals surface area contributed by atoms with Crippen molar-refractivity contribution >= 4 is 23.4 Å². The largest absolute Gasteiger partial charge is 0.483 e. The van der Waals surface area contributed by atoms with E-state index in [4.69, 9.17) is 16.3 Å². The number of nitrogens with zero attached hydrogens (tertiary/aromatic N) is 1. The van der Waals surface area contributed by atoms with Gasteiger partial charge in [0.15, 0.2) is 6.61 Å². The fourth-order valence-electron chi connectivity index (χ4n) is 3.26. The molecule has 0 heterocycles. The summed E-state index contributed by atoms with van der Waals surface area (Å²) in [7, 11) is 0. The van der Waals surface area contributed by atoms with Crippen LogP contribution in [0.3, 0.4) is 0 Å². The van der Waals surface area contributed by atoms with E-state index >= 15 is 0 Å². The molecule has 2 aromatic carbocycles. The Bertz CT molecular complexity index is 904. The molecule has 0 aliphatic carbocycles. The summed E-state index contributed by atoms with van der Waals surface area (Å²) in [6, 6.07) is 12.4. The number of hydrogen-bond acceptors (Lipinski definition) is 3. The van der Waals surface area contributed by atoms with Crippen LogP contribution in [-0.2, 0) is 16.1 Å². The van der Waals surface area contributed by atoms with Gasteiger partial charge in [-0.1, -0.05) is 42.8 Å². The summed E-state index contributed by atoms with van der Waals surface area (Å²) in [4.78, 5) is 27.8. The van der Waals surface area contributed by atoms with E-state index in [1.54, 1.807) is 17.0 Å². The van der Waals surface area contributed by atoms with E-state index < -0.39 is 11.6 Å².